The summed E-state index contributed by atoms with van der Waals surface area (Å²) < 4.78 is 24.4. The third kappa shape index (κ3) is 5.31. The summed E-state index contributed by atoms with van der Waals surface area (Å²) in [7, 11) is 0. The second kappa shape index (κ2) is 9.18. The number of nitrogens with zero attached hydrogens (tertiary/aromatic N) is 1. The standard InChI is InChI=1S/C19H22FN3O2.HI/c1-12-5-13(2)7-17(6-12)23-19(21)22-4-3-14-8-16(20)9-15-10-24-11-25-18(14)15;/h5-9H,3-4,10-11H2,1-2H3,(H3,21,22,23);1H. The maximum Gasteiger partial charge on any atom is 0.193 e. The number of guanidine groups is 1. The second-order valence-corrected chi connectivity index (χ2v) is 6.18. The number of nitrogens with two attached hydrogens (primary N) is 1. The average Bonchev–Trinajstić information content (AvgIpc) is 2.53. The molecule has 0 radical (unpaired) electrons. The minimum Gasteiger partial charge on any atom is -0.467 e. The van der Waals surface area contributed by atoms with Crippen LogP contribution in [0.2, 0.25) is 0 Å². The van der Waals surface area contributed by atoms with Gasteiger partial charge in [0, 0.05) is 17.8 Å². The molecule has 0 aliphatic carbocycles. The molecular weight excluding hydrogens is 448 g/mol. The number of nitrogens with one attached hydrogen (secondary N) is 1. The highest BCUT2D eigenvalue weighted by Crippen LogP contribution is 2.29. The van der Waals surface area contributed by atoms with Gasteiger partial charge in [0.15, 0.2) is 12.8 Å². The first-order valence-electron chi connectivity index (χ1n) is 8.18. The maximum absolute atomic E-state index is 13.7. The van der Waals surface area contributed by atoms with Crippen LogP contribution in [-0.2, 0) is 17.8 Å². The molecule has 1 aliphatic rings. The molecule has 0 fully saturated rings. The van der Waals surface area contributed by atoms with Crippen molar-refractivity contribution in [2.45, 2.75) is 26.9 Å². The molecule has 1 heterocycles. The molecule has 26 heavy (non-hydrogen) atoms. The van der Waals surface area contributed by atoms with Crippen molar-refractivity contribution >= 4 is 35.6 Å². The van der Waals surface area contributed by atoms with E-state index in [1.54, 1.807) is 0 Å². The van der Waals surface area contributed by atoms with Gasteiger partial charge in [-0.1, -0.05) is 6.07 Å². The fraction of sp³-hybridized carbons (Fsp3) is 0.316. The van der Waals surface area contributed by atoms with Gasteiger partial charge in [0.25, 0.3) is 0 Å². The van der Waals surface area contributed by atoms with Crippen LogP contribution in [0.15, 0.2) is 35.3 Å². The topological polar surface area (TPSA) is 68.9 Å². The van der Waals surface area contributed by atoms with E-state index >= 15 is 0 Å². The van der Waals surface area contributed by atoms with Crippen LogP contribution in [-0.4, -0.2) is 19.3 Å². The van der Waals surface area contributed by atoms with Crippen molar-refractivity contribution in [1.82, 2.24) is 0 Å². The van der Waals surface area contributed by atoms with Crippen LogP contribution in [0.25, 0.3) is 0 Å². The Balaban J connectivity index is 0.00000243. The van der Waals surface area contributed by atoms with Crippen LogP contribution >= 0.6 is 24.0 Å². The van der Waals surface area contributed by atoms with E-state index in [0.717, 1.165) is 27.9 Å². The lowest BCUT2D eigenvalue weighted by atomic mass is 10.1. The number of hydrogen-bond donors (Lipinski definition) is 2. The normalized spacial score (nSPS) is 13.4. The number of rotatable bonds is 4. The molecule has 3 rings (SSSR count). The molecule has 0 unspecified atom stereocenters. The van der Waals surface area contributed by atoms with Crippen molar-refractivity contribution in [3.05, 3.63) is 58.4 Å². The van der Waals surface area contributed by atoms with Crippen molar-refractivity contribution in [2.75, 3.05) is 18.7 Å². The van der Waals surface area contributed by atoms with Crippen LogP contribution in [0.4, 0.5) is 10.1 Å². The van der Waals surface area contributed by atoms with Gasteiger partial charge < -0.3 is 20.5 Å². The minimum atomic E-state index is -0.298. The van der Waals surface area contributed by atoms with Crippen LogP contribution in [0, 0.1) is 19.7 Å². The van der Waals surface area contributed by atoms with Crippen molar-refractivity contribution in [1.29, 1.82) is 0 Å². The number of hydrogen-bond acceptors (Lipinski definition) is 3. The second-order valence-electron chi connectivity index (χ2n) is 6.18. The summed E-state index contributed by atoms with van der Waals surface area (Å²) in [4.78, 5) is 4.33. The van der Waals surface area contributed by atoms with Crippen LogP contribution < -0.4 is 15.8 Å². The Hall–Kier alpha value is -1.87. The Morgan fingerprint density at radius 3 is 2.65 bits per heavy atom. The Bertz CT molecular complexity index is 791. The van der Waals surface area contributed by atoms with Crippen molar-refractivity contribution in [3.63, 3.8) is 0 Å². The molecule has 7 heteroatoms. The number of fused-ring (bicyclic) bond motifs is 1. The van der Waals surface area contributed by atoms with Gasteiger partial charge in [-0.05, 0) is 61.2 Å². The number of aliphatic imine (C=N–C) groups is 1. The van der Waals surface area contributed by atoms with E-state index < -0.39 is 0 Å². The first-order valence-corrected chi connectivity index (χ1v) is 8.18. The van der Waals surface area contributed by atoms with Crippen LogP contribution in [0.5, 0.6) is 5.75 Å². The smallest absolute Gasteiger partial charge is 0.193 e. The van der Waals surface area contributed by atoms with Gasteiger partial charge in [-0.15, -0.1) is 24.0 Å². The third-order valence-corrected chi connectivity index (χ3v) is 3.91. The predicted octanol–water partition coefficient (Wildman–Crippen LogP) is 3.90. The fourth-order valence-electron chi connectivity index (χ4n) is 2.97. The quantitative estimate of drug-likeness (QED) is 0.404. The molecule has 140 valence electrons. The number of aryl methyl sites for hydroxylation is 2. The third-order valence-electron chi connectivity index (χ3n) is 3.91. The summed E-state index contributed by atoms with van der Waals surface area (Å²) in [6.07, 6.45) is 0.537. The zero-order chi connectivity index (χ0) is 17.8. The molecule has 0 spiro atoms. The SMILES string of the molecule is Cc1cc(C)cc(NC(N)=NCCc2cc(F)cc3c2OCOC3)c1.I. The average molecular weight is 471 g/mol. The molecule has 0 saturated heterocycles. The number of ether oxygens (including phenoxy) is 2. The van der Waals surface area contributed by atoms with Gasteiger partial charge in [-0.2, -0.15) is 0 Å². The van der Waals surface area contributed by atoms with E-state index in [0.29, 0.717) is 31.3 Å². The first-order chi connectivity index (χ1) is 12.0. The van der Waals surface area contributed by atoms with Gasteiger partial charge in [-0.3, -0.25) is 4.99 Å². The molecule has 0 aromatic heterocycles. The van der Waals surface area contributed by atoms with Gasteiger partial charge in [0.2, 0.25) is 0 Å². The number of halogens is 2. The monoisotopic (exact) mass is 471 g/mol. The lowest BCUT2D eigenvalue weighted by Crippen LogP contribution is -2.23. The highest BCUT2D eigenvalue weighted by molar-refractivity contribution is 14.0. The summed E-state index contributed by atoms with van der Waals surface area (Å²) >= 11 is 0. The molecule has 2 aromatic carbocycles. The highest BCUT2D eigenvalue weighted by atomic mass is 127. The fourth-order valence-corrected chi connectivity index (χ4v) is 2.97. The molecule has 1 aliphatic heterocycles. The Labute approximate surface area is 169 Å². The zero-order valence-corrected chi connectivity index (χ0v) is 17.2. The van der Waals surface area contributed by atoms with Crippen LogP contribution in [0.1, 0.15) is 22.3 Å². The lowest BCUT2D eigenvalue weighted by Gasteiger charge is -2.20. The molecule has 5 nitrogen and oxygen atoms in total. The van der Waals surface area contributed by atoms with Crippen molar-refractivity contribution < 1.29 is 13.9 Å². The summed E-state index contributed by atoms with van der Waals surface area (Å²) in [6, 6.07) is 9.03. The summed E-state index contributed by atoms with van der Waals surface area (Å²) in [5.41, 5.74) is 10.7. The maximum atomic E-state index is 13.7. The number of benzene rings is 2. The van der Waals surface area contributed by atoms with E-state index in [2.05, 4.69) is 16.4 Å². The number of anilines is 1. The van der Waals surface area contributed by atoms with Gasteiger partial charge in [0.1, 0.15) is 11.6 Å². The van der Waals surface area contributed by atoms with E-state index in [1.807, 2.05) is 26.0 Å². The largest absolute Gasteiger partial charge is 0.467 e. The molecule has 2 aromatic rings. The van der Waals surface area contributed by atoms with Gasteiger partial charge >= 0.3 is 0 Å². The van der Waals surface area contributed by atoms with E-state index in [-0.39, 0.29) is 36.6 Å². The Morgan fingerprint density at radius 2 is 1.92 bits per heavy atom. The minimum absolute atomic E-state index is 0. The van der Waals surface area contributed by atoms with Crippen molar-refractivity contribution in [2.24, 2.45) is 10.7 Å². The molecular formula is C19H23FIN3O2. The first kappa shape index (κ1) is 20.4. The zero-order valence-electron chi connectivity index (χ0n) is 14.8. The van der Waals surface area contributed by atoms with E-state index in [9.17, 15) is 4.39 Å². The summed E-state index contributed by atoms with van der Waals surface area (Å²) in [6.45, 7) is 5.04. The van der Waals surface area contributed by atoms with E-state index in [1.165, 1.54) is 12.1 Å². The van der Waals surface area contributed by atoms with Crippen LogP contribution in [0.3, 0.4) is 0 Å². The molecule has 0 saturated carbocycles. The lowest BCUT2D eigenvalue weighted by molar-refractivity contribution is -0.0172. The van der Waals surface area contributed by atoms with Crippen molar-refractivity contribution in [3.8, 4) is 5.75 Å². The van der Waals surface area contributed by atoms with Gasteiger partial charge in [-0.25, -0.2) is 4.39 Å². The molecule has 0 atom stereocenters. The highest BCUT2D eigenvalue weighted by Gasteiger charge is 2.16. The Morgan fingerprint density at radius 1 is 1.19 bits per heavy atom. The summed E-state index contributed by atoms with van der Waals surface area (Å²) in [5, 5.41) is 3.09. The molecule has 0 bridgehead atoms. The molecule has 3 N–H and O–H groups in total. The Kier molecular flexibility index (Phi) is 7.22. The van der Waals surface area contributed by atoms with E-state index in [4.69, 9.17) is 15.2 Å². The summed E-state index contributed by atoms with van der Waals surface area (Å²) in [5.74, 6) is 0.733. The van der Waals surface area contributed by atoms with Gasteiger partial charge in [0.05, 0.1) is 6.61 Å². The molecule has 0 amide bonds. The predicted molar refractivity (Wildman–Crippen MR) is 112 cm³/mol.